The van der Waals surface area contributed by atoms with Gasteiger partial charge in [0.1, 0.15) is 6.10 Å². The first kappa shape index (κ1) is 13.6. The number of rotatable bonds is 6. The number of benzene rings is 1. The number of ether oxygens (including phenoxy) is 1. The zero-order chi connectivity index (χ0) is 13.5. The summed E-state index contributed by atoms with van der Waals surface area (Å²) in [6.07, 6.45) is 1.84. The molecule has 1 unspecified atom stereocenters. The van der Waals surface area contributed by atoms with Crippen LogP contribution in [0.3, 0.4) is 0 Å². The third kappa shape index (κ3) is 4.72. The highest BCUT2D eigenvalue weighted by molar-refractivity contribution is 5.21. The molecule has 0 fully saturated rings. The molecule has 100 valence electrons. The van der Waals surface area contributed by atoms with E-state index in [2.05, 4.69) is 41.5 Å². The van der Waals surface area contributed by atoms with Crippen molar-refractivity contribution in [2.75, 3.05) is 6.54 Å². The van der Waals surface area contributed by atoms with Crippen molar-refractivity contribution < 1.29 is 4.74 Å². The molecule has 0 aliphatic rings. The first-order valence-corrected chi connectivity index (χ1v) is 6.58. The average Bonchev–Trinajstić information content (AvgIpc) is 2.42. The molecule has 0 saturated carbocycles. The van der Waals surface area contributed by atoms with Crippen molar-refractivity contribution in [3.63, 3.8) is 0 Å². The number of nitrogens with one attached hydrogen (secondary N) is 1. The van der Waals surface area contributed by atoms with Gasteiger partial charge in [-0.2, -0.15) is 0 Å². The Kier molecular flexibility index (Phi) is 4.93. The van der Waals surface area contributed by atoms with Crippen LogP contribution in [-0.4, -0.2) is 17.6 Å². The van der Waals surface area contributed by atoms with Gasteiger partial charge in [-0.25, -0.2) is 4.98 Å². The Hall–Kier alpha value is -1.87. The number of hydrogen-bond acceptors (Lipinski definition) is 3. The van der Waals surface area contributed by atoms with E-state index in [4.69, 9.17) is 4.74 Å². The Morgan fingerprint density at radius 3 is 2.63 bits per heavy atom. The smallest absolute Gasteiger partial charge is 0.213 e. The van der Waals surface area contributed by atoms with Crippen molar-refractivity contribution in [3.8, 4) is 5.88 Å². The Morgan fingerprint density at radius 2 is 1.95 bits per heavy atom. The van der Waals surface area contributed by atoms with E-state index in [0.717, 1.165) is 13.1 Å². The highest BCUT2D eigenvalue weighted by Crippen LogP contribution is 2.06. The van der Waals surface area contributed by atoms with Gasteiger partial charge in [-0.3, -0.25) is 0 Å². The molecule has 1 atom stereocenters. The lowest BCUT2D eigenvalue weighted by Crippen LogP contribution is -2.28. The van der Waals surface area contributed by atoms with Gasteiger partial charge in [-0.1, -0.05) is 35.9 Å². The fraction of sp³-hybridized carbons (Fsp3) is 0.312. The topological polar surface area (TPSA) is 34.1 Å². The van der Waals surface area contributed by atoms with Crippen LogP contribution in [-0.2, 0) is 6.54 Å². The van der Waals surface area contributed by atoms with Crippen molar-refractivity contribution in [3.05, 3.63) is 59.8 Å². The third-order valence-electron chi connectivity index (χ3n) is 2.84. The SMILES string of the molecule is Cc1ccc(CNCC(C)Oc2ccccn2)cc1. The number of nitrogens with zero attached hydrogens (tertiary/aromatic N) is 1. The minimum absolute atomic E-state index is 0.0975. The number of pyridine rings is 1. The summed E-state index contributed by atoms with van der Waals surface area (Å²) in [5, 5.41) is 3.39. The van der Waals surface area contributed by atoms with Crippen LogP contribution in [0.25, 0.3) is 0 Å². The zero-order valence-corrected chi connectivity index (χ0v) is 11.5. The van der Waals surface area contributed by atoms with Crippen LogP contribution < -0.4 is 10.1 Å². The van der Waals surface area contributed by atoms with Gasteiger partial charge in [0.05, 0.1) is 0 Å². The van der Waals surface area contributed by atoms with Crippen molar-refractivity contribution in [1.82, 2.24) is 10.3 Å². The summed E-state index contributed by atoms with van der Waals surface area (Å²) in [5.74, 6) is 0.673. The molecule has 19 heavy (non-hydrogen) atoms. The molecule has 0 amide bonds. The van der Waals surface area contributed by atoms with Crippen molar-refractivity contribution in [2.24, 2.45) is 0 Å². The Balaban J connectivity index is 1.72. The van der Waals surface area contributed by atoms with E-state index < -0.39 is 0 Å². The standard InChI is InChI=1S/C16H20N2O/c1-13-6-8-15(9-7-13)12-17-11-14(2)19-16-5-3-4-10-18-16/h3-10,14,17H,11-12H2,1-2H3. The summed E-state index contributed by atoms with van der Waals surface area (Å²) in [6.45, 7) is 5.79. The van der Waals surface area contributed by atoms with Gasteiger partial charge < -0.3 is 10.1 Å². The predicted octanol–water partition coefficient (Wildman–Crippen LogP) is 2.95. The van der Waals surface area contributed by atoms with Crippen molar-refractivity contribution >= 4 is 0 Å². The lowest BCUT2D eigenvalue weighted by atomic mass is 10.1. The Morgan fingerprint density at radius 1 is 1.16 bits per heavy atom. The number of aromatic nitrogens is 1. The molecule has 1 aromatic carbocycles. The van der Waals surface area contributed by atoms with E-state index in [1.807, 2.05) is 25.1 Å². The molecule has 1 heterocycles. The van der Waals surface area contributed by atoms with E-state index in [9.17, 15) is 0 Å². The monoisotopic (exact) mass is 256 g/mol. The van der Waals surface area contributed by atoms with Gasteiger partial charge in [0, 0.05) is 25.4 Å². The minimum Gasteiger partial charge on any atom is -0.473 e. The molecular weight excluding hydrogens is 236 g/mol. The van der Waals surface area contributed by atoms with Gasteiger partial charge in [-0.05, 0) is 25.5 Å². The van der Waals surface area contributed by atoms with Gasteiger partial charge in [-0.15, -0.1) is 0 Å². The summed E-state index contributed by atoms with van der Waals surface area (Å²) in [5.41, 5.74) is 2.58. The van der Waals surface area contributed by atoms with Crippen LogP contribution >= 0.6 is 0 Å². The van der Waals surface area contributed by atoms with E-state index in [-0.39, 0.29) is 6.10 Å². The summed E-state index contributed by atoms with van der Waals surface area (Å²) < 4.78 is 5.70. The minimum atomic E-state index is 0.0975. The van der Waals surface area contributed by atoms with Crippen LogP contribution in [0, 0.1) is 6.92 Å². The Labute approximate surface area is 114 Å². The Bertz CT molecular complexity index is 482. The summed E-state index contributed by atoms with van der Waals surface area (Å²) in [4.78, 5) is 4.14. The summed E-state index contributed by atoms with van der Waals surface area (Å²) >= 11 is 0. The zero-order valence-electron chi connectivity index (χ0n) is 11.5. The molecule has 0 saturated heterocycles. The number of aryl methyl sites for hydroxylation is 1. The van der Waals surface area contributed by atoms with Crippen LogP contribution in [0.4, 0.5) is 0 Å². The van der Waals surface area contributed by atoms with E-state index in [0.29, 0.717) is 5.88 Å². The van der Waals surface area contributed by atoms with Gasteiger partial charge in [0.2, 0.25) is 5.88 Å². The van der Waals surface area contributed by atoms with Crippen molar-refractivity contribution in [2.45, 2.75) is 26.5 Å². The summed E-state index contributed by atoms with van der Waals surface area (Å²) in [7, 11) is 0. The van der Waals surface area contributed by atoms with Crippen LogP contribution in [0.2, 0.25) is 0 Å². The molecule has 2 aromatic rings. The van der Waals surface area contributed by atoms with Gasteiger partial charge >= 0.3 is 0 Å². The molecule has 1 aromatic heterocycles. The lowest BCUT2D eigenvalue weighted by molar-refractivity contribution is 0.208. The molecule has 0 aliphatic carbocycles. The highest BCUT2D eigenvalue weighted by Gasteiger charge is 2.03. The van der Waals surface area contributed by atoms with Crippen LogP contribution in [0.5, 0.6) is 5.88 Å². The second-order valence-corrected chi connectivity index (χ2v) is 4.71. The average molecular weight is 256 g/mol. The second-order valence-electron chi connectivity index (χ2n) is 4.71. The molecule has 0 radical (unpaired) electrons. The van der Waals surface area contributed by atoms with E-state index >= 15 is 0 Å². The fourth-order valence-electron chi connectivity index (χ4n) is 1.79. The van der Waals surface area contributed by atoms with E-state index in [1.165, 1.54) is 11.1 Å². The fourth-order valence-corrected chi connectivity index (χ4v) is 1.79. The summed E-state index contributed by atoms with van der Waals surface area (Å²) in [6, 6.07) is 14.2. The normalized spacial score (nSPS) is 12.1. The van der Waals surface area contributed by atoms with Crippen LogP contribution in [0.1, 0.15) is 18.1 Å². The molecule has 1 N–H and O–H groups in total. The molecule has 3 heteroatoms. The molecule has 0 aliphatic heterocycles. The molecular formula is C16H20N2O. The lowest BCUT2D eigenvalue weighted by Gasteiger charge is -2.14. The number of hydrogen-bond donors (Lipinski definition) is 1. The molecule has 0 spiro atoms. The van der Waals surface area contributed by atoms with Gasteiger partial charge in [0.15, 0.2) is 0 Å². The predicted molar refractivity (Wildman–Crippen MR) is 77.2 cm³/mol. The molecule has 2 rings (SSSR count). The molecule has 3 nitrogen and oxygen atoms in total. The third-order valence-corrected chi connectivity index (χ3v) is 2.84. The van der Waals surface area contributed by atoms with Crippen LogP contribution in [0.15, 0.2) is 48.7 Å². The largest absolute Gasteiger partial charge is 0.473 e. The first-order valence-electron chi connectivity index (χ1n) is 6.58. The van der Waals surface area contributed by atoms with Crippen molar-refractivity contribution in [1.29, 1.82) is 0 Å². The highest BCUT2D eigenvalue weighted by atomic mass is 16.5. The van der Waals surface area contributed by atoms with Gasteiger partial charge in [0.25, 0.3) is 0 Å². The maximum atomic E-state index is 5.70. The second kappa shape index (κ2) is 6.90. The maximum absolute atomic E-state index is 5.70. The molecule has 0 bridgehead atoms. The first-order chi connectivity index (χ1) is 9.24. The quantitative estimate of drug-likeness (QED) is 0.863. The maximum Gasteiger partial charge on any atom is 0.213 e. The van der Waals surface area contributed by atoms with E-state index in [1.54, 1.807) is 6.20 Å².